The van der Waals surface area contributed by atoms with E-state index in [4.69, 9.17) is 25.4 Å². The Labute approximate surface area is 253 Å². The first-order chi connectivity index (χ1) is 21.3. The van der Waals surface area contributed by atoms with Crippen molar-refractivity contribution in [3.05, 3.63) is 65.6 Å². The highest BCUT2D eigenvalue weighted by atomic mass is 19.4. The molecule has 12 heteroatoms. The Morgan fingerprint density at radius 3 is 2.57 bits per heavy atom. The number of terminal acetylenes is 1. The summed E-state index contributed by atoms with van der Waals surface area (Å²) in [5.41, 5.74) is 2.14. The Morgan fingerprint density at radius 2 is 1.82 bits per heavy atom. The minimum atomic E-state index is -4.56. The van der Waals surface area contributed by atoms with Gasteiger partial charge in [0.15, 0.2) is 0 Å². The van der Waals surface area contributed by atoms with Crippen LogP contribution in [-0.2, 0) is 20.4 Å². The summed E-state index contributed by atoms with van der Waals surface area (Å²) in [5.74, 6) is 7.74. The minimum absolute atomic E-state index is 0.121. The lowest BCUT2D eigenvalue weighted by Crippen LogP contribution is -2.36. The van der Waals surface area contributed by atoms with Crippen molar-refractivity contribution in [1.82, 2.24) is 9.97 Å². The van der Waals surface area contributed by atoms with Gasteiger partial charge in [0.05, 0.1) is 37.3 Å². The van der Waals surface area contributed by atoms with Crippen LogP contribution in [0.15, 0.2) is 48.8 Å². The Balaban J connectivity index is 1.47. The Kier molecular flexibility index (Phi) is 11.5. The molecule has 0 bridgehead atoms. The molecular weight excluding hydrogens is 577 g/mol. The number of anilines is 2. The molecule has 3 aromatic rings. The molecule has 1 saturated heterocycles. The average Bonchev–Trinajstić information content (AvgIpc) is 3.03. The first-order valence-corrected chi connectivity index (χ1v) is 13.7. The second-order valence-corrected chi connectivity index (χ2v) is 9.49. The number of halogens is 3. The van der Waals surface area contributed by atoms with Gasteiger partial charge >= 0.3 is 6.18 Å². The molecule has 1 aromatic carbocycles. The number of rotatable bonds is 11. The molecule has 3 heterocycles. The summed E-state index contributed by atoms with van der Waals surface area (Å²) in [4.78, 5) is 23.9. The van der Waals surface area contributed by atoms with Crippen LogP contribution in [0.3, 0.4) is 0 Å². The van der Waals surface area contributed by atoms with E-state index >= 15 is 0 Å². The lowest BCUT2D eigenvalue weighted by Gasteiger charge is -2.30. The summed E-state index contributed by atoms with van der Waals surface area (Å²) in [7, 11) is 0. The predicted octanol–water partition coefficient (Wildman–Crippen LogP) is 4.61. The smallest absolute Gasteiger partial charge is 0.416 e. The lowest BCUT2D eigenvalue weighted by molar-refractivity contribution is -0.137. The van der Waals surface area contributed by atoms with Crippen molar-refractivity contribution in [2.24, 2.45) is 0 Å². The summed E-state index contributed by atoms with van der Waals surface area (Å²) in [6.07, 6.45) is 3.64. The van der Waals surface area contributed by atoms with E-state index in [2.05, 4.69) is 37.9 Å². The van der Waals surface area contributed by atoms with E-state index < -0.39 is 17.6 Å². The fourth-order valence-corrected chi connectivity index (χ4v) is 4.25. The second kappa shape index (κ2) is 15.7. The number of ether oxygens (including phenoxy) is 4. The molecule has 4 rings (SSSR count). The van der Waals surface area contributed by atoms with E-state index in [1.54, 1.807) is 12.3 Å². The van der Waals surface area contributed by atoms with Gasteiger partial charge in [-0.3, -0.25) is 9.78 Å². The van der Waals surface area contributed by atoms with Crippen LogP contribution in [0.25, 0.3) is 11.1 Å². The Bertz CT molecular complexity index is 1540. The first kappa shape index (κ1) is 32.3. The molecular formula is C32H31F3N4O5. The highest BCUT2D eigenvalue weighted by molar-refractivity contribution is 6.04. The molecule has 9 nitrogen and oxygen atoms in total. The number of benzene rings is 1. The fourth-order valence-electron chi connectivity index (χ4n) is 4.25. The van der Waals surface area contributed by atoms with Crippen molar-refractivity contribution in [2.75, 3.05) is 69.6 Å². The number of hydrogen-bond donors (Lipinski definition) is 1. The molecule has 0 radical (unpaired) electrons. The largest absolute Gasteiger partial charge is 0.474 e. The third-order valence-electron chi connectivity index (χ3n) is 6.42. The molecule has 0 atom stereocenters. The van der Waals surface area contributed by atoms with Crippen molar-refractivity contribution in [2.45, 2.75) is 13.1 Å². The number of nitrogens with zero attached hydrogens (tertiary/aromatic N) is 3. The SMILES string of the molecule is C#CCOCC#CCOCCOc1ncc(-c2cc(NC(=O)c3cccc(C(F)(F)F)c3)cnc2C)cc1N1CCOCC1. The third kappa shape index (κ3) is 9.19. The van der Waals surface area contributed by atoms with Gasteiger partial charge in [0.25, 0.3) is 5.91 Å². The minimum Gasteiger partial charge on any atom is -0.474 e. The first-order valence-electron chi connectivity index (χ1n) is 13.7. The van der Waals surface area contributed by atoms with Gasteiger partial charge in [-0.25, -0.2) is 4.98 Å². The Morgan fingerprint density at radius 1 is 1.05 bits per heavy atom. The topological polar surface area (TPSA) is 95.0 Å². The normalized spacial score (nSPS) is 13.0. The van der Waals surface area contributed by atoms with E-state index in [0.29, 0.717) is 55.7 Å². The number of nitrogens with one attached hydrogen (secondary N) is 1. The summed E-state index contributed by atoms with van der Waals surface area (Å²) in [6.45, 7) is 5.40. The van der Waals surface area contributed by atoms with Crippen LogP contribution in [0.4, 0.5) is 24.5 Å². The van der Waals surface area contributed by atoms with Gasteiger partial charge in [0, 0.05) is 41.7 Å². The van der Waals surface area contributed by atoms with Crippen LogP contribution in [0, 0.1) is 31.1 Å². The van der Waals surface area contributed by atoms with Crippen LogP contribution in [0.5, 0.6) is 5.88 Å². The van der Waals surface area contributed by atoms with Gasteiger partial charge in [-0.1, -0.05) is 23.8 Å². The number of hydrogen-bond acceptors (Lipinski definition) is 8. The van der Waals surface area contributed by atoms with Gasteiger partial charge in [0.2, 0.25) is 5.88 Å². The molecule has 0 unspecified atom stereocenters. The average molecular weight is 609 g/mol. The van der Waals surface area contributed by atoms with Gasteiger partial charge < -0.3 is 29.2 Å². The van der Waals surface area contributed by atoms with Crippen LogP contribution < -0.4 is 15.0 Å². The number of aryl methyl sites for hydroxylation is 1. The van der Waals surface area contributed by atoms with Gasteiger partial charge in [-0.2, -0.15) is 13.2 Å². The molecule has 1 N–H and O–H groups in total. The highest BCUT2D eigenvalue weighted by Gasteiger charge is 2.31. The van der Waals surface area contributed by atoms with E-state index in [0.717, 1.165) is 23.4 Å². The predicted molar refractivity (Wildman–Crippen MR) is 158 cm³/mol. The zero-order valence-electron chi connectivity index (χ0n) is 24.1. The number of carbonyl (C=O) groups excluding carboxylic acids is 1. The highest BCUT2D eigenvalue weighted by Crippen LogP contribution is 2.34. The molecule has 1 amide bonds. The standard InChI is InChI=1S/C32H31F3N4O5/c1-3-11-41-12-4-5-13-42-16-17-44-31-29(39-9-14-43-15-10-39)19-25(21-37-31)28-20-27(22-36-23(28)2)38-30(40)24-7-6-8-26(18-24)32(33,34)35/h1,6-8,18-22H,9-17H2,2H3,(H,38,40). The number of morpholine rings is 1. The van der Waals surface area contributed by atoms with E-state index in [1.165, 1.54) is 18.3 Å². The zero-order valence-corrected chi connectivity index (χ0v) is 24.1. The van der Waals surface area contributed by atoms with Crippen LogP contribution >= 0.6 is 0 Å². The van der Waals surface area contributed by atoms with Gasteiger partial charge in [0.1, 0.15) is 32.1 Å². The van der Waals surface area contributed by atoms with Gasteiger partial charge in [-0.15, -0.1) is 6.42 Å². The molecule has 230 valence electrons. The number of aromatic nitrogens is 2. The van der Waals surface area contributed by atoms with E-state index in [9.17, 15) is 18.0 Å². The Hall–Kier alpha value is -4.62. The molecule has 44 heavy (non-hydrogen) atoms. The number of pyridine rings is 2. The summed E-state index contributed by atoms with van der Waals surface area (Å²) >= 11 is 0. The molecule has 0 saturated carbocycles. The van der Waals surface area contributed by atoms with Crippen molar-refractivity contribution >= 4 is 17.3 Å². The molecule has 1 aliphatic heterocycles. The maximum Gasteiger partial charge on any atom is 0.416 e. The van der Waals surface area contributed by atoms with Crippen molar-refractivity contribution < 1.29 is 36.9 Å². The van der Waals surface area contributed by atoms with Crippen molar-refractivity contribution in [1.29, 1.82) is 0 Å². The van der Waals surface area contributed by atoms with Crippen LogP contribution in [-0.4, -0.2) is 75.2 Å². The summed E-state index contributed by atoms with van der Waals surface area (Å²) in [5, 5.41) is 2.65. The molecule has 0 aliphatic carbocycles. The quantitative estimate of drug-likeness (QED) is 0.249. The molecule has 1 aliphatic rings. The maximum atomic E-state index is 13.1. The van der Waals surface area contributed by atoms with Crippen LogP contribution in [0.2, 0.25) is 0 Å². The number of alkyl halides is 3. The molecule has 2 aromatic heterocycles. The van der Waals surface area contributed by atoms with Crippen LogP contribution in [0.1, 0.15) is 21.6 Å². The van der Waals surface area contributed by atoms with E-state index in [1.807, 2.05) is 13.0 Å². The molecule has 0 spiro atoms. The zero-order chi connectivity index (χ0) is 31.4. The van der Waals surface area contributed by atoms with Gasteiger partial charge in [-0.05, 0) is 37.3 Å². The van der Waals surface area contributed by atoms with Crippen molar-refractivity contribution in [3.63, 3.8) is 0 Å². The monoisotopic (exact) mass is 608 g/mol. The third-order valence-corrected chi connectivity index (χ3v) is 6.42. The van der Waals surface area contributed by atoms with E-state index in [-0.39, 0.29) is 32.0 Å². The second-order valence-electron chi connectivity index (χ2n) is 9.49. The molecule has 1 fully saturated rings. The number of carbonyl (C=O) groups is 1. The lowest BCUT2D eigenvalue weighted by atomic mass is 10.0. The van der Waals surface area contributed by atoms with Crippen molar-refractivity contribution in [3.8, 4) is 41.2 Å². The summed E-state index contributed by atoms with van der Waals surface area (Å²) in [6, 6.07) is 7.88. The number of amides is 1. The fraction of sp³-hybridized carbons (Fsp3) is 0.344. The summed E-state index contributed by atoms with van der Waals surface area (Å²) < 4.78 is 61.4. The maximum absolute atomic E-state index is 13.1.